The van der Waals surface area contributed by atoms with Gasteiger partial charge in [0.1, 0.15) is 5.75 Å². The molecule has 0 radical (unpaired) electrons. The fourth-order valence-electron chi connectivity index (χ4n) is 2.02. The van der Waals surface area contributed by atoms with Crippen molar-refractivity contribution in [3.63, 3.8) is 0 Å². The Morgan fingerprint density at radius 1 is 1.24 bits per heavy atom. The molecule has 1 heterocycles. The molecular weight excluding hydrogens is 332 g/mol. The molecule has 2 rings (SSSR count). The number of ether oxygens (including phenoxy) is 1. The average Bonchev–Trinajstić information content (AvgIpc) is 2.61. The molecule has 25 heavy (non-hydrogen) atoms. The molecule has 2 aromatic rings. The summed E-state index contributed by atoms with van der Waals surface area (Å²) in [5.41, 5.74) is 3.04. The molecule has 134 valence electrons. The van der Waals surface area contributed by atoms with Crippen LogP contribution in [0.2, 0.25) is 0 Å². The summed E-state index contributed by atoms with van der Waals surface area (Å²) in [5, 5.41) is 0.748. The molecule has 0 saturated carbocycles. The number of hydrogen-bond acceptors (Lipinski definition) is 5. The van der Waals surface area contributed by atoms with Crippen LogP contribution >= 0.6 is 11.8 Å². The minimum absolute atomic E-state index is 0.568. The Bertz CT molecular complexity index is 733. The van der Waals surface area contributed by atoms with E-state index in [1.165, 1.54) is 0 Å². The zero-order valence-electron chi connectivity index (χ0n) is 15.6. The van der Waals surface area contributed by atoms with E-state index in [2.05, 4.69) is 28.8 Å². The first-order chi connectivity index (χ1) is 12.0. The van der Waals surface area contributed by atoms with Gasteiger partial charge in [-0.3, -0.25) is 0 Å². The first-order valence-electron chi connectivity index (χ1n) is 8.52. The van der Waals surface area contributed by atoms with E-state index in [0.29, 0.717) is 5.88 Å². The van der Waals surface area contributed by atoms with E-state index in [4.69, 9.17) is 4.74 Å². The van der Waals surface area contributed by atoms with Crippen molar-refractivity contribution in [2.75, 3.05) is 19.3 Å². The Kier molecular flexibility index (Phi) is 7.25. The minimum atomic E-state index is 0.568. The van der Waals surface area contributed by atoms with Gasteiger partial charge in [0.05, 0.1) is 12.0 Å². The third-order valence-corrected chi connectivity index (χ3v) is 4.71. The third kappa shape index (κ3) is 5.74. The van der Waals surface area contributed by atoms with E-state index in [0.717, 1.165) is 46.4 Å². The second-order valence-electron chi connectivity index (χ2n) is 5.85. The van der Waals surface area contributed by atoms with Crippen LogP contribution in [0.25, 0.3) is 0 Å². The Hall–Kier alpha value is -2.08. The molecule has 0 bridgehead atoms. The molecule has 0 fully saturated rings. The first kappa shape index (κ1) is 19.2. The van der Waals surface area contributed by atoms with E-state index in [-0.39, 0.29) is 0 Å². The molecule has 0 aliphatic heterocycles. The average molecular weight is 359 g/mol. The van der Waals surface area contributed by atoms with Gasteiger partial charge < -0.3 is 9.64 Å². The van der Waals surface area contributed by atoms with Crippen molar-refractivity contribution in [1.29, 1.82) is 0 Å². The Morgan fingerprint density at radius 3 is 2.76 bits per heavy atom. The zero-order chi connectivity index (χ0) is 18.2. The fourth-order valence-corrected chi connectivity index (χ4v) is 2.70. The molecule has 1 aromatic carbocycles. The number of aryl methyl sites for hydroxylation is 2. The minimum Gasteiger partial charge on any atom is -0.439 e. The second kappa shape index (κ2) is 9.42. The number of benzene rings is 1. The van der Waals surface area contributed by atoms with Crippen molar-refractivity contribution in [1.82, 2.24) is 14.9 Å². The molecule has 0 unspecified atom stereocenters. The summed E-state index contributed by atoms with van der Waals surface area (Å²) in [7, 11) is 2.01. The maximum Gasteiger partial charge on any atom is 0.223 e. The number of rotatable bonds is 8. The summed E-state index contributed by atoms with van der Waals surface area (Å²) in [4.78, 5) is 15.3. The quantitative estimate of drug-likeness (QED) is 0.288. The Balaban J connectivity index is 2.18. The van der Waals surface area contributed by atoms with E-state index in [1.807, 2.05) is 44.3 Å². The highest BCUT2D eigenvalue weighted by molar-refractivity contribution is 7.99. The normalized spacial score (nSPS) is 11.1. The summed E-state index contributed by atoms with van der Waals surface area (Å²) in [6.07, 6.45) is 4.68. The summed E-state index contributed by atoms with van der Waals surface area (Å²) < 4.78 is 5.99. The lowest BCUT2D eigenvalue weighted by molar-refractivity contribution is 0.452. The van der Waals surface area contributed by atoms with Gasteiger partial charge in [0.15, 0.2) is 5.16 Å². The molecule has 5 nitrogen and oxygen atoms in total. The predicted molar refractivity (Wildman–Crippen MR) is 105 cm³/mol. The van der Waals surface area contributed by atoms with Gasteiger partial charge >= 0.3 is 0 Å². The number of hydrogen-bond donors (Lipinski definition) is 0. The smallest absolute Gasteiger partial charge is 0.223 e. The standard InChI is InChI=1S/C19H26N4OS/c1-6-10-25-19-20-9-8-18(22-19)24-17-12-14(3)16(11-15(17)4)21-13-23(5)7-2/h8-9,11-13H,6-7,10H2,1-5H3. The molecule has 0 atom stereocenters. The van der Waals surface area contributed by atoms with Gasteiger partial charge in [-0.25, -0.2) is 9.98 Å². The van der Waals surface area contributed by atoms with E-state index >= 15 is 0 Å². The van der Waals surface area contributed by atoms with E-state index in [1.54, 1.807) is 24.0 Å². The van der Waals surface area contributed by atoms with Crippen molar-refractivity contribution < 1.29 is 4.74 Å². The van der Waals surface area contributed by atoms with Gasteiger partial charge in [0.25, 0.3) is 0 Å². The number of nitrogens with zero attached hydrogens (tertiary/aromatic N) is 4. The van der Waals surface area contributed by atoms with Crippen LogP contribution in [-0.2, 0) is 0 Å². The molecule has 0 N–H and O–H groups in total. The van der Waals surface area contributed by atoms with Gasteiger partial charge in [-0.05, 0) is 50.5 Å². The monoisotopic (exact) mass is 358 g/mol. The molecule has 0 saturated heterocycles. The maximum atomic E-state index is 5.99. The highest BCUT2D eigenvalue weighted by atomic mass is 32.2. The van der Waals surface area contributed by atoms with Crippen molar-refractivity contribution in [3.8, 4) is 11.6 Å². The lowest BCUT2D eigenvalue weighted by atomic mass is 10.1. The molecule has 0 aliphatic carbocycles. The zero-order valence-corrected chi connectivity index (χ0v) is 16.4. The fraction of sp³-hybridized carbons (Fsp3) is 0.421. The van der Waals surface area contributed by atoms with Gasteiger partial charge in [-0.1, -0.05) is 18.7 Å². The second-order valence-corrected chi connectivity index (χ2v) is 6.91. The van der Waals surface area contributed by atoms with Gasteiger partial charge in [0, 0.05) is 31.6 Å². The van der Waals surface area contributed by atoms with Gasteiger partial charge in [-0.2, -0.15) is 4.98 Å². The lowest BCUT2D eigenvalue weighted by Crippen LogP contribution is -2.14. The van der Waals surface area contributed by atoms with Crippen molar-refractivity contribution in [2.24, 2.45) is 4.99 Å². The molecule has 0 spiro atoms. The van der Waals surface area contributed by atoms with Gasteiger partial charge in [0.2, 0.25) is 5.88 Å². The molecular formula is C19H26N4OS. The van der Waals surface area contributed by atoms with Gasteiger partial charge in [-0.15, -0.1) is 0 Å². The summed E-state index contributed by atoms with van der Waals surface area (Å²) in [6.45, 7) is 9.21. The van der Waals surface area contributed by atoms with Crippen LogP contribution in [0.1, 0.15) is 31.4 Å². The molecule has 6 heteroatoms. The highest BCUT2D eigenvalue weighted by Gasteiger charge is 2.08. The van der Waals surface area contributed by atoms with Crippen LogP contribution in [0.15, 0.2) is 34.5 Å². The lowest BCUT2D eigenvalue weighted by Gasteiger charge is -2.12. The van der Waals surface area contributed by atoms with Crippen LogP contribution in [0.5, 0.6) is 11.6 Å². The molecule has 1 aromatic heterocycles. The van der Waals surface area contributed by atoms with Crippen molar-refractivity contribution >= 4 is 23.8 Å². The molecule has 0 amide bonds. The van der Waals surface area contributed by atoms with Crippen LogP contribution in [0, 0.1) is 13.8 Å². The van der Waals surface area contributed by atoms with Crippen LogP contribution in [-0.4, -0.2) is 40.6 Å². The summed E-state index contributed by atoms with van der Waals surface area (Å²) in [5.74, 6) is 2.36. The van der Waals surface area contributed by atoms with Crippen LogP contribution < -0.4 is 4.74 Å². The largest absolute Gasteiger partial charge is 0.439 e. The van der Waals surface area contributed by atoms with Crippen LogP contribution in [0.3, 0.4) is 0 Å². The van der Waals surface area contributed by atoms with E-state index < -0.39 is 0 Å². The van der Waals surface area contributed by atoms with E-state index in [9.17, 15) is 0 Å². The van der Waals surface area contributed by atoms with Crippen molar-refractivity contribution in [3.05, 3.63) is 35.5 Å². The summed E-state index contributed by atoms with van der Waals surface area (Å²) in [6, 6.07) is 5.83. The topological polar surface area (TPSA) is 50.6 Å². The third-order valence-electron chi connectivity index (χ3n) is 3.64. The highest BCUT2D eigenvalue weighted by Crippen LogP contribution is 2.31. The first-order valence-corrected chi connectivity index (χ1v) is 9.51. The van der Waals surface area contributed by atoms with Crippen molar-refractivity contribution in [2.45, 2.75) is 39.3 Å². The number of aromatic nitrogens is 2. The van der Waals surface area contributed by atoms with Crippen LogP contribution in [0.4, 0.5) is 5.69 Å². The number of thioether (sulfide) groups is 1. The maximum absolute atomic E-state index is 5.99. The predicted octanol–water partition coefficient (Wildman–Crippen LogP) is 5.00. The Labute approximate surface area is 154 Å². The SMILES string of the molecule is CCCSc1nccc(Oc2cc(C)c(N=CN(C)CC)cc2C)n1. The molecule has 0 aliphatic rings. The summed E-state index contributed by atoms with van der Waals surface area (Å²) >= 11 is 1.64. The Morgan fingerprint density at radius 2 is 2.04 bits per heavy atom. The number of aliphatic imine (C=N–C) groups is 1.